The lowest BCUT2D eigenvalue weighted by Crippen LogP contribution is -2.39. The second-order valence-corrected chi connectivity index (χ2v) is 15.3. The van der Waals surface area contributed by atoms with Gasteiger partial charge in [0.1, 0.15) is 0 Å². The second kappa shape index (κ2) is 12.5. The first kappa shape index (κ1) is 33.2. The highest BCUT2D eigenvalue weighted by molar-refractivity contribution is 5.88. The van der Waals surface area contributed by atoms with Crippen molar-refractivity contribution in [3.05, 3.63) is 80.7 Å². The molecule has 1 saturated heterocycles. The lowest BCUT2D eigenvalue weighted by molar-refractivity contribution is -0.160. The van der Waals surface area contributed by atoms with Crippen LogP contribution in [-0.4, -0.2) is 46.2 Å². The first-order valence-electron chi connectivity index (χ1n) is 16.6. The van der Waals surface area contributed by atoms with Crippen molar-refractivity contribution in [1.82, 2.24) is 9.88 Å². The second-order valence-electron chi connectivity index (χ2n) is 15.3. The van der Waals surface area contributed by atoms with Crippen molar-refractivity contribution in [3.8, 4) is 11.1 Å². The fourth-order valence-corrected chi connectivity index (χ4v) is 7.09. The minimum absolute atomic E-state index is 0.259. The molecule has 2 aliphatic rings. The third kappa shape index (κ3) is 7.28. The van der Waals surface area contributed by atoms with Gasteiger partial charge in [-0.25, -0.2) is 4.79 Å². The summed E-state index contributed by atoms with van der Waals surface area (Å²) < 4.78 is 6.27. The van der Waals surface area contributed by atoms with Gasteiger partial charge in [0, 0.05) is 55.2 Å². The molecule has 0 amide bonds. The Kier molecular flexibility index (Phi) is 9.23. The first-order valence-corrected chi connectivity index (χ1v) is 16.6. The number of ether oxygens (including phenoxy) is 1. The Morgan fingerprint density at radius 2 is 1.60 bits per heavy atom. The largest absolute Gasteiger partial charge is 0.479 e. The molecule has 6 heteroatoms. The highest BCUT2D eigenvalue weighted by Gasteiger charge is 2.36. The van der Waals surface area contributed by atoms with E-state index >= 15 is 0 Å². The average Bonchev–Trinajstić information content (AvgIpc) is 2.94. The molecule has 2 aliphatic heterocycles. The number of nitrogens with zero attached hydrogens (tertiary/aromatic N) is 3. The maximum atomic E-state index is 12.8. The van der Waals surface area contributed by atoms with E-state index in [0.717, 1.165) is 80.2 Å². The number of hydrogen-bond donors (Lipinski definition) is 1. The summed E-state index contributed by atoms with van der Waals surface area (Å²) >= 11 is 0. The smallest absolute Gasteiger partial charge is 0.337 e. The van der Waals surface area contributed by atoms with Crippen LogP contribution in [0.15, 0.2) is 30.3 Å². The van der Waals surface area contributed by atoms with Crippen LogP contribution in [0.1, 0.15) is 104 Å². The Morgan fingerprint density at radius 3 is 2.24 bits per heavy atom. The predicted molar refractivity (Wildman–Crippen MR) is 184 cm³/mol. The zero-order valence-corrected chi connectivity index (χ0v) is 29.2. The minimum atomic E-state index is -1.11. The molecule has 3 aromatic rings. The number of piperidine rings is 1. The molecule has 0 bridgehead atoms. The van der Waals surface area contributed by atoms with Gasteiger partial charge >= 0.3 is 5.97 Å². The summed E-state index contributed by atoms with van der Waals surface area (Å²) in [6.45, 7) is 25.6. The van der Waals surface area contributed by atoms with E-state index in [1.165, 1.54) is 33.4 Å². The van der Waals surface area contributed by atoms with Gasteiger partial charge in [-0.3, -0.25) is 9.88 Å². The van der Waals surface area contributed by atoms with Crippen molar-refractivity contribution in [1.29, 1.82) is 0 Å². The van der Waals surface area contributed by atoms with Crippen LogP contribution in [0.3, 0.4) is 0 Å². The summed E-state index contributed by atoms with van der Waals surface area (Å²) in [6.07, 6.45) is 1.96. The van der Waals surface area contributed by atoms with Crippen LogP contribution in [0.2, 0.25) is 0 Å². The van der Waals surface area contributed by atoms with E-state index < -0.39 is 17.7 Å². The number of fused-ring (bicyclic) bond motifs is 1. The third-order valence-electron chi connectivity index (χ3n) is 9.90. The number of aromatic nitrogens is 1. The van der Waals surface area contributed by atoms with Crippen molar-refractivity contribution in [2.45, 2.75) is 113 Å². The number of rotatable bonds is 7. The standard InChI is InChI=1S/C39H53N3O3/c1-24-19-26(3)32(20-25(24)2)23-41-16-13-29-21-30(11-12-31(29)22-41)33-27(4)40-28(5)34(36(37(43)44)45-38(6,7)8)35(33)42-17-14-39(9,10)15-18-42/h11-12,19-21,36H,13-18,22-23H2,1-10H3,(H,43,44). The topological polar surface area (TPSA) is 65.9 Å². The van der Waals surface area contributed by atoms with Crippen LogP contribution in [0.25, 0.3) is 11.1 Å². The van der Waals surface area contributed by atoms with Gasteiger partial charge in [0.05, 0.1) is 11.3 Å². The Hall–Kier alpha value is -3.22. The molecule has 3 heterocycles. The maximum Gasteiger partial charge on any atom is 0.337 e. The highest BCUT2D eigenvalue weighted by atomic mass is 16.5. The highest BCUT2D eigenvalue weighted by Crippen LogP contribution is 2.45. The number of benzene rings is 2. The van der Waals surface area contributed by atoms with E-state index in [1.54, 1.807) is 0 Å². The van der Waals surface area contributed by atoms with Gasteiger partial charge in [0.2, 0.25) is 0 Å². The van der Waals surface area contributed by atoms with Gasteiger partial charge in [0.15, 0.2) is 6.10 Å². The Morgan fingerprint density at radius 1 is 0.933 bits per heavy atom. The van der Waals surface area contributed by atoms with Crippen LogP contribution < -0.4 is 4.90 Å². The molecule has 0 aliphatic carbocycles. The van der Waals surface area contributed by atoms with Crippen molar-refractivity contribution in [2.75, 3.05) is 24.5 Å². The molecular weight excluding hydrogens is 558 g/mol. The van der Waals surface area contributed by atoms with Crippen LogP contribution >= 0.6 is 0 Å². The Bertz CT molecular complexity index is 1590. The number of carboxylic acid groups (broad SMARTS) is 1. The van der Waals surface area contributed by atoms with Crippen molar-refractivity contribution >= 4 is 11.7 Å². The summed E-state index contributed by atoms with van der Waals surface area (Å²) in [5.41, 5.74) is 13.3. The summed E-state index contributed by atoms with van der Waals surface area (Å²) in [4.78, 5) is 22.8. The molecule has 5 rings (SSSR count). The maximum absolute atomic E-state index is 12.8. The molecule has 1 aromatic heterocycles. The molecule has 242 valence electrons. The van der Waals surface area contributed by atoms with Gasteiger partial charge in [-0.2, -0.15) is 0 Å². The molecule has 1 N–H and O–H groups in total. The summed E-state index contributed by atoms with van der Waals surface area (Å²) in [5, 5.41) is 10.5. The van der Waals surface area contributed by atoms with Gasteiger partial charge < -0.3 is 14.7 Å². The van der Waals surface area contributed by atoms with E-state index in [0.29, 0.717) is 5.56 Å². The van der Waals surface area contributed by atoms with E-state index in [2.05, 4.69) is 81.7 Å². The van der Waals surface area contributed by atoms with Crippen LogP contribution in [-0.2, 0) is 29.0 Å². The monoisotopic (exact) mass is 611 g/mol. The number of carbonyl (C=O) groups is 1. The van der Waals surface area contributed by atoms with Gasteiger partial charge in [0.25, 0.3) is 0 Å². The first-order chi connectivity index (χ1) is 21.0. The van der Waals surface area contributed by atoms with Crippen LogP contribution in [0.5, 0.6) is 0 Å². The molecule has 6 nitrogen and oxygen atoms in total. The molecule has 45 heavy (non-hydrogen) atoms. The molecule has 0 saturated carbocycles. The van der Waals surface area contributed by atoms with Crippen molar-refractivity contribution in [3.63, 3.8) is 0 Å². The summed E-state index contributed by atoms with van der Waals surface area (Å²) in [5.74, 6) is -0.979. The number of pyridine rings is 1. The molecule has 2 aromatic carbocycles. The van der Waals surface area contributed by atoms with E-state index in [9.17, 15) is 9.90 Å². The predicted octanol–water partition coefficient (Wildman–Crippen LogP) is 8.42. The molecule has 0 radical (unpaired) electrons. The number of aryl methyl sites for hydroxylation is 5. The molecule has 1 unspecified atom stereocenters. The van der Waals surface area contributed by atoms with Crippen LogP contribution in [0.4, 0.5) is 5.69 Å². The lowest BCUT2D eigenvalue weighted by atomic mass is 9.81. The SMILES string of the molecule is Cc1cc(C)c(CN2CCc3cc(-c4c(C)nc(C)c(C(OC(C)(C)C)C(=O)O)c4N4CCC(C)(C)CC4)ccc3C2)cc1C. The number of hydrogen-bond acceptors (Lipinski definition) is 5. The van der Waals surface area contributed by atoms with Crippen molar-refractivity contribution in [2.24, 2.45) is 5.41 Å². The Labute approximate surface area is 270 Å². The van der Waals surface area contributed by atoms with Gasteiger partial charge in [-0.1, -0.05) is 44.2 Å². The molecule has 0 spiro atoms. The quantitative estimate of drug-likeness (QED) is 0.289. The van der Waals surface area contributed by atoms with Gasteiger partial charge in [-0.15, -0.1) is 0 Å². The number of aliphatic carboxylic acids is 1. The summed E-state index contributed by atoms with van der Waals surface area (Å²) in [6, 6.07) is 11.5. The normalized spacial score (nSPS) is 17.7. The number of carboxylic acids is 1. The molecule has 1 atom stereocenters. The lowest BCUT2D eigenvalue weighted by Gasteiger charge is -2.41. The minimum Gasteiger partial charge on any atom is -0.479 e. The van der Waals surface area contributed by atoms with Crippen LogP contribution in [0, 0.1) is 40.0 Å². The summed E-state index contributed by atoms with van der Waals surface area (Å²) in [7, 11) is 0. The molecular formula is C39H53N3O3. The third-order valence-corrected chi connectivity index (χ3v) is 9.90. The fourth-order valence-electron chi connectivity index (χ4n) is 7.09. The number of anilines is 1. The zero-order chi connectivity index (χ0) is 32.8. The van der Waals surface area contributed by atoms with E-state index in [4.69, 9.17) is 9.72 Å². The van der Waals surface area contributed by atoms with Crippen molar-refractivity contribution < 1.29 is 14.6 Å². The Balaban J connectivity index is 1.56. The zero-order valence-electron chi connectivity index (χ0n) is 29.2. The van der Waals surface area contributed by atoms with Gasteiger partial charge in [-0.05, 0) is 119 Å². The van der Waals surface area contributed by atoms with E-state index in [-0.39, 0.29) is 5.41 Å². The average molecular weight is 612 g/mol. The van der Waals surface area contributed by atoms with E-state index in [1.807, 2.05) is 27.7 Å². The fraction of sp³-hybridized carbons (Fsp3) is 0.538. The molecule has 1 fully saturated rings.